The van der Waals surface area contributed by atoms with Crippen LogP contribution in [0.3, 0.4) is 0 Å². The molecule has 0 aliphatic carbocycles. The molecule has 5 aromatic rings. The fourth-order valence-corrected chi connectivity index (χ4v) is 4.83. The Morgan fingerprint density at radius 1 is 0.913 bits per heavy atom. The average molecular weight is 626 g/mol. The van der Waals surface area contributed by atoms with Crippen molar-refractivity contribution in [3.8, 4) is 0 Å². The summed E-state index contributed by atoms with van der Waals surface area (Å²) < 4.78 is 13.7. The average Bonchev–Trinajstić information content (AvgIpc) is 3.76. The van der Waals surface area contributed by atoms with Crippen molar-refractivity contribution in [1.82, 2.24) is 24.9 Å². The zero-order valence-corrected chi connectivity index (χ0v) is 26.0. The van der Waals surface area contributed by atoms with E-state index in [4.69, 9.17) is 9.15 Å². The van der Waals surface area contributed by atoms with E-state index in [2.05, 4.69) is 26.1 Å². The van der Waals surface area contributed by atoms with Crippen LogP contribution in [0.1, 0.15) is 77.0 Å². The second-order valence-corrected chi connectivity index (χ2v) is 11.1. The number of hydrogen-bond donors (Lipinski definition) is 3. The lowest BCUT2D eigenvalue weighted by Gasteiger charge is -2.26. The molecule has 0 spiro atoms. The number of aromatic nitrogens is 4. The van der Waals surface area contributed by atoms with Crippen molar-refractivity contribution in [2.75, 3.05) is 17.2 Å². The molecule has 3 N–H and O–H groups in total. The van der Waals surface area contributed by atoms with Crippen molar-refractivity contribution < 1.29 is 28.3 Å². The van der Waals surface area contributed by atoms with Gasteiger partial charge in [-0.2, -0.15) is 9.78 Å². The third-order valence-electron chi connectivity index (χ3n) is 7.35. The van der Waals surface area contributed by atoms with Gasteiger partial charge >= 0.3 is 6.09 Å². The summed E-state index contributed by atoms with van der Waals surface area (Å²) >= 11 is 0. The first kappa shape index (κ1) is 31.7. The summed E-state index contributed by atoms with van der Waals surface area (Å²) in [6.07, 6.45) is 3.20. The predicted molar refractivity (Wildman–Crippen MR) is 171 cm³/mol. The number of para-hydroxylation sites is 1. The molecule has 0 atom stereocenters. The highest BCUT2D eigenvalue weighted by atomic mass is 16.6. The van der Waals surface area contributed by atoms with Gasteiger partial charge < -0.3 is 25.1 Å². The van der Waals surface area contributed by atoms with E-state index in [1.54, 1.807) is 31.3 Å². The lowest BCUT2D eigenvalue weighted by Crippen LogP contribution is -2.40. The molecule has 0 saturated heterocycles. The van der Waals surface area contributed by atoms with E-state index in [1.165, 1.54) is 23.0 Å². The van der Waals surface area contributed by atoms with Crippen LogP contribution in [-0.2, 0) is 17.3 Å². The van der Waals surface area contributed by atoms with Crippen LogP contribution >= 0.6 is 0 Å². The summed E-state index contributed by atoms with van der Waals surface area (Å²) in [5, 5.41) is 16.6. The quantitative estimate of drug-likeness (QED) is 0.157. The summed E-state index contributed by atoms with van der Waals surface area (Å²) in [5.74, 6) is -1.84. The van der Waals surface area contributed by atoms with Crippen molar-refractivity contribution in [1.29, 1.82) is 0 Å². The Labute approximate surface area is 264 Å². The summed E-state index contributed by atoms with van der Waals surface area (Å²) in [7, 11) is 1.63. The summed E-state index contributed by atoms with van der Waals surface area (Å²) in [6, 6.07) is 18.8. The molecule has 238 valence electrons. The number of carbonyl (C=O) groups excluding carboxylic acids is 4. The van der Waals surface area contributed by atoms with Gasteiger partial charge in [-0.05, 0) is 44.0 Å². The van der Waals surface area contributed by atoms with E-state index in [0.717, 1.165) is 23.1 Å². The maximum atomic E-state index is 13.6. The number of nitrogens with zero attached hydrogens (tertiary/aromatic N) is 4. The molecule has 13 heteroatoms. The monoisotopic (exact) mass is 625 g/mol. The Morgan fingerprint density at radius 3 is 2.37 bits per heavy atom. The van der Waals surface area contributed by atoms with Crippen LogP contribution in [-0.4, -0.2) is 50.0 Å². The molecule has 0 unspecified atom stereocenters. The highest BCUT2D eigenvalue weighted by Gasteiger charge is 2.29. The van der Waals surface area contributed by atoms with E-state index in [-0.39, 0.29) is 40.5 Å². The third kappa shape index (κ3) is 6.83. The molecular weight excluding hydrogens is 590 g/mol. The number of furan rings is 1. The molecule has 0 fully saturated rings. The van der Waals surface area contributed by atoms with E-state index in [9.17, 15) is 19.2 Å². The fraction of sp³-hybridized carbons (Fsp3) is 0.273. The molecule has 0 radical (unpaired) electrons. The van der Waals surface area contributed by atoms with Crippen molar-refractivity contribution in [2.45, 2.75) is 45.6 Å². The van der Waals surface area contributed by atoms with Crippen LogP contribution in [0.2, 0.25) is 0 Å². The fourth-order valence-electron chi connectivity index (χ4n) is 4.83. The van der Waals surface area contributed by atoms with Gasteiger partial charge in [-0.3, -0.25) is 19.1 Å². The van der Waals surface area contributed by atoms with Crippen LogP contribution in [0.15, 0.2) is 77.3 Å². The second kappa shape index (κ2) is 13.5. The van der Waals surface area contributed by atoms with Gasteiger partial charge in [0.05, 0.1) is 23.4 Å². The Kier molecular flexibility index (Phi) is 9.31. The van der Waals surface area contributed by atoms with Crippen molar-refractivity contribution in [3.05, 3.63) is 95.5 Å². The molecule has 3 heterocycles. The van der Waals surface area contributed by atoms with E-state index >= 15 is 0 Å². The normalized spacial score (nSPS) is 11.3. The Bertz CT molecular complexity index is 1890. The molecule has 46 heavy (non-hydrogen) atoms. The van der Waals surface area contributed by atoms with E-state index in [1.807, 2.05) is 51.1 Å². The first-order valence-electron chi connectivity index (χ1n) is 14.9. The number of nitrogens with one attached hydrogen (secondary N) is 3. The molecule has 0 saturated carbocycles. The van der Waals surface area contributed by atoms with Crippen LogP contribution in [0, 0.1) is 0 Å². The molecule has 0 aliphatic rings. The molecule has 0 bridgehead atoms. The lowest BCUT2D eigenvalue weighted by atomic mass is 9.94. The number of ether oxygens (including phenoxy) is 1. The smallest absolute Gasteiger partial charge is 0.435 e. The highest BCUT2D eigenvalue weighted by Crippen LogP contribution is 2.29. The summed E-state index contributed by atoms with van der Waals surface area (Å²) in [6.45, 7) is 5.92. The van der Waals surface area contributed by atoms with E-state index in [0.29, 0.717) is 12.1 Å². The topological polar surface area (TPSA) is 162 Å². The minimum atomic E-state index is -0.789. The number of unbranched alkanes of at least 4 members (excludes halogenated alkanes) is 2. The number of carbonyl (C=O) groups is 4. The number of anilines is 2. The van der Waals surface area contributed by atoms with Gasteiger partial charge in [-0.1, -0.05) is 62.2 Å². The van der Waals surface area contributed by atoms with Crippen LogP contribution in [0.4, 0.5) is 16.3 Å². The van der Waals surface area contributed by atoms with Gasteiger partial charge in [0.1, 0.15) is 11.2 Å². The largest absolute Gasteiger partial charge is 0.448 e. The van der Waals surface area contributed by atoms with Gasteiger partial charge in [-0.25, -0.2) is 4.79 Å². The number of fused-ring (bicyclic) bond motifs is 1. The number of hydrogen-bond acceptors (Lipinski definition) is 8. The van der Waals surface area contributed by atoms with Crippen molar-refractivity contribution in [3.63, 3.8) is 0 Å². The molecule has 3 aromatic heterocycles. The first-order valence-corrected chi connectivity index (χ1v) is 14.9. The Balaban J connectivity index is 1.44. The summed E-state index contributed by atoms with van der Waals surface area (Å²) in [4.78, 5) is 52.8. The maximum Gasteiger partial charge on any atom is 0.435 e. The minimum Gasteiger partial charge on any atom is -0.448 e. The molecule has 3 amide bonds. The zero-order chi connectivity index (χ0) is 32.8. The Morgan fingerprint density at radius 2 is 1.65 bits per heavy atom. The molecule has 2 aromatic carbocycles. The number of benzene rings is 2. The SMILES string of the molecule is CCCCCOC(=O)n1nc(NC(=O)c2ccccc2NC(=O)c2ccnn2C)c2oc(C(=O)NC(C)(C)c3ccccc3)cc21. The van der Waals surface area contributed by atoms with Crippen LogP contribution < -0.4 is 16.0 Å². The minimum absolute atomic E-state index is 0.00192. The zero-order valence-electron chi connectivity index (χ0n) is 26.0. The molecule has 5 rings (SSSR count). The van der Waals surface area contributed by atoms with Crippen molar-refractivity contribution >= 4 is 46.4 Å². The van der Waals surface area contributed by atoms with Gasteiger partial charge in [0, 0.05) is 19.3 Å². The van der Waals surface area contributed by atoms with E-state index < -0.39 is 29.4 Å². The van der Waals surface area contributed by atoms with Gasteiger partial charge in [0.25, 0.3) is 17.7 Å². The molecular formula is C33H35N7O6. The lowest BCUT2D eigenvalue weighted by molar-refractivity contribution is 0.0884. The third-order valence-corrected chi connectivity index (χ3v) is 7.35. The standard InChI is InChI=1S/C33H35N7O6/c1-5-6-12-19-45-32(44)40-25-20-26(31(43)37-33(2,3)21-13-8-7-9-14-21)46-27(25)28(38-40)36-29(41)22-15-10-11-16-23(22)35-30(42)24-17-18-34-39(24)4/h7-11,13-18,20H,5-6,12,19H2,1-4H3,(H,35,42)(H,37,43)(H,36,38,41). The van der Waals surface area contributed by atoms with Gasteiger partial charge in [0.2, 0.25) is 0 Å². The summed E-state index contributed by atoms with van der Waals surface area (Å²) in [5.41, 5.74) is 0.918. The van der Waals surface area contributed by atoms with Gasteiger partial charge in [0.15, 0.2) is 17.2 Å². The second-order valence-electron chi connectivity index (χ2n) is 11.1. The maximum absolute atomic E-state index is 13.6. The molecule has 0 aliphatic heterocycles. The predicted octanol–water partition coefficient (Wildman–Crippen LogP) is 5.71. The first-order chi connectivity index (χ1) is 22.1. The van der Waals surface area contributed by atoms with Crippen molar-refractivity contribution in [2.24, 2.45) is 7.05 Å². The van der Waals surface area contributed by atoms with Gasteiger partial charge in [-0.15, -0.1) is 5.10 Å². The highest BCUT2D eigenvalue weighted by molar-refractivity contribution is 6.14. The van der Waals surface area contributed by atoms with Crippen LogP contribution in [0.25, 0.3) is 11.1 Å². The Hall–Kier alpha value is -5.72. The van der Waals surface area contributed by atoms with Crippen LogP contribution in [0.5, 0.6) is 0 Å². The number of amides is 3. The number of rotatable bonds is 11. The molecule has 13 nitrogen and oxygen atoms in total. The number of aryl methyl sites for hydroxylation is 1.